The van der Waals surface area contributed by atoms with E-state index < -0.39 is 0 Å². The van der Waals surface area contributed by atoms with Gasteiger partial charge in [-0.25, -0.2) is 0 Å². The van der Waals surface area contributed by atoms with Gasteiger partial charge in [0, 0.05) is 13.1 Å². The quantitative estimate of drug-likeness (QED) is 0.903. The summed E-state index contributed by atoms with van der Waals surface area (Å²) in [6, 6.07) is 7.08. The maximum absolute atomic E-state index is 12.0. The average Bonchev–Trinajstić information content (AvgIpc) is 2.95. The normalized spacial score (nSPS) is 14.5. The van der Waals surface area contributed by atoms with Gasteiger partial charge in [-0.15, -0.1) is 0 Å². The van der Waals surface area contributed by atoms with Gasteiger partial charge in [0.2, 0.25) is 11.8 Å². The number of hydrogen-bond acceptors (Lipinski definition) is 3. The van der Waals surface area contributed by atoms with Crippen LogP contribution in [-0.2, 0) is 9.59 Å². The van der Waals surface area contributed by atoms with Crippen LogP contribution in [0.15, 0.2) is 24.3 Å². The minimum atomic E-state index is -0.181. The number of likely N-dealkylation sites (tertiary alicyclic amines) is 1. The third kappa shape index (κ3) is 4.72. The molecule has 1 aliphatic rings. The van der Waals surface area contributed by atoms with Crippen molar-refractivity contribution < 1.29 is 9.59 Å². The minimum absolute atomic E-state index is 0.0838. The molecule has 0 bridgehead atoms. The lowest BCUT2D eigenvalue weighted by Gasteiger charge is -2.20. The molecule has 1 fully saturated rings. The largest absolute Gasteiger partial charge is 0.342 e. The van der Waals surface area contributed by atoms with Crippen LogP contribution in [0.25, 0.3) is 0 Å². The molecule has 1 heterocycles. The summed E-state index contributed by atoms with van der Waals surface area (Å²) in [7, 11) is 1.76. The van der Waals surface area contributed by atoms with Gasteiger partial charge >= 0.3 is 0 Å². The number of rotatable bonds is 5. The number of nitrogens with one attached hydrogen (secondary N) is 1. The highest BCUT2D eigenvalue weighted by Crippen LogP contribution is 2.20. The minimum Gasteiger partial charge on any atom is -0.342 e. The summed E-state index contributed by atoms with van der Waals surface area (Å²) in [6.07, 6.45) is 2.14. The maximum atomic E-state index is 12.0. The molecule has 0 aliphatic carbocycles. The van der Waals surface area contributed by atoms with Crippen molar-refractivity contribution in [1.82, 2.24) is 9.80 Å². The van der Waals surface area contributed by atoms with Crippen LogP contribution in [0.4, 0.5) is 5.69 Å². The van der Waals surface area contributed by atoms with Crippen LogP contribution >= 0.6 is 11.6 Å². The molecule has 1 N–H and O–H groups in total. The molecule has 0 spiro atoms. The monoisotopic (exact) mass is 309 g/mol. The van der Waals surface area contributed by atoms with Gasteiger partial charge in [-0.2, -0.15) is 0 Å². The predicted octanol–water partition coefficient (Wildman–Crippen LogP) is 1.83. The fraction of sp³-hybridized carbons (Fsp3) is 0.467. The molecule has 1 aromatic rings. The summed E-state index contributed by atoms with van der Waals surface area (Å²) < 4.78 is 0. The molecule has 0 atom stereocenters. The number of benzene rings is 1. The zero-order valence-electron chi connectivity index (χ0n) is 12.1. The van der Waals surface area contributed by atoms with Crippen LogP contribution in [0, 0.1) is 0 Å². The number of nitrogens with zero attached hydrogens (tertiary/aromatic N) is 2. The lowest BCUT2D eigenvalue weighted by atomic mass is 10.3. The molecule has 0 saturated carbocycles. The van der Waals surface area contributed by atoms with E-state index >= 15 is 0 Å². The Kier molecular flexibility index (Phi) is 5.59. The second-order valence-corrected chi connectivity index (χ2v) is 5.70. The average molecular weight is 310 g/mol. The molecule has 2 rings (SSSR count). The van der Waals surface area contributed by atoms with Gasteiger partial charge in [-0.05, 0) is 32.0 Å². The van der Waals surface area contributed by atoms with Gasteiger partial charge in [0.05, 0.1) is 23.8 Å². The van der Waals surface area contributed by atoms with Gasteiger partial charge in [0.15, 0.2) is 0 Å². The summed E-state index contributed by atoms with van der Waals surface area (Å²) in [4.78, 5) is 27.5. The maximum Gasteiger partial charge on any atom is 0.238 e. The number of hydrogen-bond donors (Lipinski definition) is 1. The van der Waals surface area contributed by atoms with Crippen LogP contribution in [0.2, 0.25) is 5.02 Å². The van der Waals surface area contributed by atoms with Crippen molar-refractivity contribution in [2.75, 3.05) is 38.5 Å². The van der Waals surface area contributed by atoms with E-state index in [0.717, 1.165) is 25.9 Å². The first-order valence-corrected chi connectivity index (χ1v) is 7.45. The van der Waals surface area contributed by atoms with Gasteiger partial charge in [-0.1, -0.05) is 23.7 Å². The van der Waals surface area contributed by atoms with Gasteiger partial charge in [0.25, 0.3) is 0 Å². The molecule has 5 nitrogen and oxygen atoms in total. The Morgan fingerprint density at radius 2 is 1.90 bits per heavy atom. The summed E-state index contributed by atoms with van der Waals surface area (Å²) in [6.45, 7) is 2.08. The highest BCUT2D eigenvalue weighted by atomic mass is 35.5. The third-order valence-corrected chi connectivity index (χ3v) is 3.76. The van der Waals surface area contributed by atoms with Crippen molar-refractivity contribution >= 4 is 29.1 Å². The van der Waals surface area contributed by atoms with Crippen molar-refractivity contribution in [3.8, 4) is 0 Å². The van der Waals surface area contributed by atoms with Crippen molar-refractivity contribution in [2.45, 2.75) is 12.8 Å². The predicted molar refractivity (Wildman–Crippen MR) is 83.4 cm³/mol. The number of anilines is 1. The number of carbonyl (C=O) groups excluding carboxylic acids is 2. The molecule has 1 aliphatic heterocycles. The topological polar surface area (TPSA) is 52.7 Å². The van der Waals surface area contributed by atoms with Gasteiger partial charge < -0.3 is 10.2 Å². The van der Waals surface area contributed by atoms with E-state index in [-0.39, 0.29) is 24.9 Å². The lowest BCUT2D eigenvalue weighted by molar-refractivity contribution is -0.131. The Balaban J connectivity index is 1.79. The standard InChI is InChI=1S/C15H20ClN3O2/c1-18(11-15(21)19-8-4-5-9-19)10-14(20)17-13-7-3-2-6-12(13)16/h2-3,6-7H,4-5,8-11H2,1H3,(H,17,20). The molecule has 0 aromatic heterocycles. The zero-order valence-corrected chi connectivity index (χ0v) is 12.9. The summed E-state index contributed by atoms with van der Waals surface area (Å²) in [5.74, 6) is -0.0969. The first-order valence-electron chi connectivity index (χ1n) is 7.07. The molecule has 21 heavy (non-hydrogen) atoms. The molecular formula is C15H20ClN3O2. The van der Waals surface area contributed by atoms with Crippen LogP contribution in [-0.4, -0.2) is 54.8 Å². The molecular weight excluding hydrogens is 290 g/mol. The third-order valence-electron chi connectivity index (χ3n) is 3.43. The van der Waals surface area contributed by atoms with Crippen molar-refractivity contribution in [3.05, 3.63) is 29.3 Å². The van der Waals surface area contributed by atoms with Crippen LogP contribution in [0.5, 0.6) is 0 Å². The van der Waals surface area contributed by atoms with Crippen molar-refractivity contribution in [3.63, 3.8) is 0 Å². The fourth-order valence-electron chi connectivity index (χ4n) is 2.35. The molecule has 1 saturated heterocycles. The van der Waals surface area contributed by atoms with E-state index in [0.29, 0.717) is 10.7 Å². The van der Waals surface area contributed by atoms with Crippen LogP contribution in [0.3, 0.4) is 0 Å². The first kappa shape index (κ1) is 15.8. The van der Waals surface area contributed by atoms with E-state index in [1.165, 1.54) is 0 Å². The Labute approximate surface area is 129 Å². The highest BCUT2D eigenvalue weighted by molar-refractivity contribution is 6.33. The molecule has 0 unspecified atom stereocenters. The van der Waals surface area contributed by atoms with Crippen molar-refractivity contribution in [1.29, 1.82) is 0 Å². The summed E-state index contributed by atoms with van der Waals surface area (Å²) in [5, 5.41) is 3.25. The van der Waals surface area contributed by atoms with E-state index in [4.69, 9.17) is 11.6 Å². The molecule has 0 radical (unpaired) electrons. The molecule has 114 valence electrons. The van der Waals surface area contributed by atoms with E-state index in [1.807, 2.05) is 11.0 Å². The SMILES string of the molecule is CN(CC(=O)Nc1ccccc1Cl)CC(=O)N1CCCC1. The smallest absolute Gasteiger partial charge is 0.238 e. The number of carbonyl (C=O) groups is 2. The summed E-state index contributed by atoms with van der Waals surface area (Å²) >= 11 is 5.99. The van der Waals surface area contributed by atoms with Gasteiger partial charge in [0.1, 0.15) is 0 Å². The fourth-order valence-corrected chi connectivity index (χ4v) is 2.53. The number of likely N-dealkylation sites (N-methyl/N-ethyl adjacent to an activating group) is 1. The molecule has 2 amide bonds. The first-order chi connectivity index (χ1) is 10.1. The Hall–Kier alpha value is -1.59. The van der Waals surface area contributed by atoms with Gasteiger partial charge in [-0.3, -0.25) is 14.5 Å². The number of halogens is 1. The van der Waals surface area contributed by atoms with Crippen molar-refractivity contribution in [2.24, 2.45) is 0 Å². The Morgan fingerprint density at radius 3 is 2.57 bits per heavy atom. The molecule has 1 aromatic carbocycles. The second kappa shape index (κ2) is 7.43. The Bertz CT molecular complexity index is 515. The van der Waals surface area contributed by atoms with E-state index in [1.54, 1.807) is 30.1 Å². The highest BCUT2D eigenvalue weighted by Gasteiger charge is 2.20. The lowest BCUT2D eigenvalue weighted by Crippen LogP contribution is -2.40. The van der Waals surface area contributed by atoms with Crippen LogP contribution in [0.1, 0.15) is 12.8 Å². The number of para-hydroxylation sites is 1. The molecule has 6 heteroatoms. The van der Waals surface area contributed by atoms with E-state index in [9.17, 15) is 9.59 Å². The number of amides is 2. The van der Waals surface area contributed by atoms with Crippen LogP contribution < -0.4 is 5.32 Å². The second-order valence-electron chi connectivity index (χ2n) is 5.29. The Morgan fingerprint density at radius 1 is 1.24 bits per heavy atom. The summed E-state index contributed by atoms with van der Waals surface area (Å²) in [5.41, 5.74) is 0.587. The zero-order chi connectivity index (χ0) is 15.2. The van der Waals surface area contributed by atoms with E-state index in [2.05, 4.69) is 5.32 Å².